The fourth-order valence-corrected chi connectivity index (χ4v) is 3.84. The number of primary amides is 1. The lowest BCUT2D eigenvalue weighted by Crippen LogP contribution is -2.16. The van der Waals surface area contributed by atoms with Crippen LogP contribution in [-0.4, -0.2) is 22.6 Å². The van der Waals surface area contributed by atoms with Gasteiger partial charge in [-0.25, -0.2) is 0 Å². The first-order valence-corrected chi connectivity index (χ1v) is 9.74. The predicted octanol–water partition coefficient (Wildman–Crippen LogP) is 3.95. The van der Waals surface area contributed by atoms with E-state index in [0.29, 0.717) is 16.9 Å². The summed E-state index contributed by atoms with van der Waals surface area (Å²) in [5, 5.41) is 4.89. The Morgan fingerprint density at radius 2 is 1.96 bits per heavy atom. The van der Waals surface area contributed by atoms with Gasteiger partial charge in [0.1, 0.15) is 0 Å². The Labute approximate surface area is 159 Å². The van der Waals surface area contributed by atoms with E-state index in [9.17, 15) is 9.59 Å². The van der Waals surface area contributed by atoms with Crippen LogP contribution >= 0.6 is 23.1 Å². The van der Waals surface area contributed by atoms with E-state index >= 15 is 0 Å². The topological polar surface area (TPSA) is 85.1 Å². The first kappa shape index (κ1) is 18.2. The molecule has 0 spiro atoms. The minimum atomic E-state index is -0.402. The van der Waals surface area contributed by atoms with Crippen LogP contribution in [0.1, 0.15) is 16.1 Å². The van der Waals surface area contributed by atoms with Crippen molar-refractivity contribution in [1.82, 2.24) is 4.98 Å². The van der Waals surface area contributed by atoms with Crippen molar-refractivity contribution in [2.75, 3.05) is 11.1 Å². The molecule has 0 bridgehead atoms. The standard InChI is InChI=1S/C19H17N3O2S2/c1-12-13(8-9-15(21-12)16-7-4-10-25-16)19(24)22-14-5-2-3-6-17(14)26-11-18(20)23/h2-10H,11H2,1H3,(H2,20,23)(H,22,24). The van der Waals surface area contributed by atoms with Gasteiger partial charge in [0.2, 0.25) is 5.91 Å². The highest BCUT2D eigenvalue weighted by molar-refractivity contribution is 8.00. The van der Waals surface area contributed by atoms with Crippen LogP contribution in [0.25, 0.3) is 10.6 Å². The molecule has 0 saturated carbocycles. The van der Waals surface area contributed by atoms with Gasteiger partial charge >= 0.3 is 0 Å². The molecule has 2 amide bonds. The zero-order valence-electron chi connectivity index (χ0n) is 14.1. The maximum Gasteiger partial charge on any atom is 0.257 e. The van der Waals surface area contributed by atoms with Crippen LogP contribution in [0.3, 0.4) is 0 Å². The van der Waals surface area contributed by atoms with Crippen LogP contribution in [0.5, 0.6) is 0 Å². The number of hydrogen-bond acceptors (Lipinski definition) is 5. The first-order valence-electron chi connectivity index (χ1n) is 7.87. The number of hydrogen-bond donors (Lipinski definition) is 2. The lowest BCUT2D eigenvalue weighted by atomic mass is 10.1. The Hall–Kier alpha value is -2.64. The SMILES string of the molecule is Cc1nc(-c2cccs2)ccc1C(=O)Nc1ccccc1SCC(N)=O. The van der Waals surface area contributed by atoms with Crippen LogP contribution in [0.4, 0.5) is 5.69 Å². The molecule has 3 rings (SSSR count). The molecule has 1 aromatic carbocycles. The van der Waals surface area contributed by atoms with Crippen LogP contribution in [0.2, 0.25) is 0 Å². The summed E-state index contributed by atoms with van der Waals surface area (Å²) in [7, 11) is 0. The number of amides is 2. The fraction of sp³-hybridized carbons (Fsp3) is 0.105. The molecule has 0 fully saturated rings. The number of nitrogens with zero attached hydrogens (tertiary/aromatic N) is 1. The molecule has 26 heavy (non-hydrogen) atoms. The summed E-state index contributed by atoms with van der Waals surface area (Å²) in [6, 6.07) is 14.9. The van der Waals surface area contributed by atoms with Gasteiger partial charge in [-0.2, -0.15) is 0 Å². The van der Waals surface area contributed by atoms with E-state index in [0.717, 1.165) is 15.5 Å². The molecule has 3 N–H and O–H groups in total. The molecule has 3 aromatic rings. The van der Waals surface area contributed by atoms with Crippen LogP contribution in [0.15, 0.2) is 58.8 Å². The zero-order chi connectivity index (χ0) is 18.5. The Morgan fingerprint density at radius 1 is 1.15 bits per heavy atom. The van der Waals surface area contributed by atoms with Crippen molar-refractivity contribution in [2.45, 2.75) is 11.8 Å². The summed E-state index contributed by atoms with van der Waals surface area (Å²) in [5.74, 6) is -0.483. The Kier molecular flexibility index (Phi) is 5.70. The molecular weight excluding hydrogens is 366 g/mol. The molecule has 0 aliphatic carbocycles. The maximum absolute atomic E-state index is 12.7. The number of nitrogens with one attached hydrogen (secondary N) is 1. The number of aryl methyl sites for hydroxylation is 1. The number of thiophene rings is 1. The number of pyridine rings is 1. The highest BCUT2D eigenvalue weighted by Gasteiger charge is 2.14. The highest BCUT2D eigenvalue weighted by Crippen LogP contribution is 2.28. The summed E-state index contributed by atoms with van der Waals surface area (Å²) in [6.45, 7) is 1.82. The highest BCUT2D eigenvalue weighted by atomic mass is 32.2. The lowest BCUT2D eigenvalue weighted by Gasteiger charge is -2.11. The normalized spacial score (nSPS) is 10.5. The average Bonchev–Trinajstić information content (AvgIpc) is 3.15. The van der Waals surface area contributed by atoms with Gasteiger partial charge in [0, 0.05) is 4.90 Å². The number of nitrogens with two attached hydrogens (primary N) is 1. The van der Waals surface area contributed by atoms with Crippen molar-refractivity contribution in [1.29, 1.82) is 0 Å². The number of carbonyl (C=O) groups excluding carboxylic acids is 2. The minimum Gasteiger partial charge on any atom is -0.369 e. The minimum absolute atomic E-state index is 0.156. The van der Waals surface area contributed by atoms with Crippen LogP contribution in [-0.2, 0) is 4.79 Å². The van der Waals surface area contributed by atoms with E-state index < -0.39 is 5.91 Å². The second-order valence-corrected chi connectivity index (χ2v) is 7.48. The number of thioether (sulfide) groups is 1. The quantitative estimate of drug-likeness (QED) is 0.631. The molecule has 0 unspecified atom stereocenters. The van der Waals surface area contributed by atoms with Gasteiger partial charge in [-0.15, -0.1) is 23.1 Å². The third-order valence-corrected chi connectivity index (χ3v) is 5.60. The molecular formula is C19H17N3O2S2. The molecule has 2 aromatic heterocycles. The third-order valence-electron chi connectivity index (χ3n) is 3.61. The van der Waals surface area contributed by atoms with E-state index in [1.165, 1.54) is 11.8 Å². The van der Waals surface area contributed by atoms with Crippen LogP contribution in [0, 0.1) is 6.92 Å². The first-order chi connectivity index (χ1) is 12.5. The van der Waals surface area contributed by atoms with Crippen molar-refractivity contribution in [3.05, 3.63) is 65.2 Å². The Morgan fingerprint density at radius 3 is 2.65 bits per heavy atom. The molecule has 2 heterocycles. The van der Waals surface area contributed by atoms with E-state index in [1.54, 1.807) is 23.5 Å². The Balaban J connectivity index is 1.79. The number of benzene rings is 1. The summed E-state index contributed by atoms with van der Waals surface area (Å²) in [4.78, 5) is 30.1. The van der Waals surface area contributed by atoms with Crippen LogP contribution < -0.4 is 11.1 Å². The molecule has 5 nitrogen and oxygen atoms in total. The maximum atomic E-state index is 12.7. The van der Waals surface area contributed by atoms with Gasteiger partial charge in [-0.05, 0) is 42.6 Å². The van der Waals surface area contributed by atoms with Crippen molar-refractivity contribution >= 4 is 40.6 Å². The molecule has 7 heteroatoms. The van der Waals surface area contributed by atoms with Crippen molar-refractivity contribution < 1.29 is 9.59 Å². The molecule has 0 saturated heterocycles. The number of anilines is 1. The number of rotatable bonds is 6. The summed E-state index contributed by atoms with van der Waals surface area (Å²) in [6.07, 6.45) is 0. The van der Waals surface area contributed by atoms with E-state index in [4.69, 9.17) is 5.73 Å². The van der Waals surface area contributed by atoms with Crippen molar-refractivity contribution in [2.24, 2.45) is 5.73 Å². The third kappa shape index (κ3) is 4.30. The average molecular weight is 383 g/mol. The van der Waals surface area contributed by atoms with Gasteiger partial charge in [0.15, 0.2) is 0 Å². The molecule has 0 aliphatic rings. The smallest absolute Gasteiger partial charge is 0.257 e. The second kappa shape index (κ2) is 8.16. The van der Waals surface area contributed by atoms with Gasteiger partial charge in [0.25, 0.3) is 5.91 Å². The number of para-hydroxylation sites is 1. The van der Waals surface area contributed by atoms with Gasteiger partial charge < -0.3 is 11.1 Å². The van der Waals surface area contributed by atoms with E-state index in [2.05, 4.69) is 10.3 Å². The lowest BCUT2D eigenvalue weighted by molar-refractivity contribution is -0.115. The monoisotopic (exact) mass is 383 g/mol. The summed E-state index contributed by atoms with van der Waals surface area (Å²) in [5.41, 5.74) is 7.88. The van der Waals surface area contributed by atoms with Gasteiger partial charge in [-0.3, -0.25) is 14.6 Å². The summed E-state index contributed by atoms with van der Waals surface area (Å²) < 4.78 is 0. The molecule has 132 valence electrons. The van der Waals surface area contributed by atoms with Crippen molar-refractivity contribution in [3.63, 3.8) is 0 Å². The summed E-state index contributed by atoms with van der Waals surface area (Å²) >= 11 is 2.90. The van der Waals surface area contributed by atoms with Gasteiger partial charge in [-0.1, -0.05) is 18.2 Å². The second-order valence-electron chi connectivity index (χ2n) is 5.51. The molecule has 0 atom stereocenters. The predicted molar refractivity (Wildman–Crippen MR) is 107 cm³/mol. The fourth-order valence-electron chi connectivity index (χ4n) is 2.40. The van der Waals surface area contributed by atoms with E-state index in [-0.39, 0.29) is 11.7 Å². The van der Waals surface area contributed by atoms with Crippen molar-refractivity contribution in [3.8, 4) is 10.6 Å². The number of aromatic nitrogens is 1. The molecule has 0 aliphatic heterocycles. The van der Waals surface area contributed by atoms with Gasteiger partial charge in [0.05, 0.1) is 33.3 Å². The molecule has 0 radical (unpaired) electrons. The Bertz CT molecular complexity index is 940. The zero-order valence-corrected chi connectivity index (χ0v) is 15.7. The number of carbonyl (C=O) groups is 2. The van der Waals surface area contributed by atoms with E-state index in [1.807, 2.05) is 48.7 Å². The largest absolute Gasteiger partial charge is 0.369 e.